The van der Waals surface area contributed by atoms with E-state index in [0.717, 1.165) is 25.7 Å². The van der Waals surface area contributed by atoms with E-state index in [1.54, 1.807) is 0 Å². The monoisotopic (exact) mass is 168 g/mol. The van der Waals surface area contributed by atoms with Crippen LogP contribution in [0.3, 0.4) is 0 Å². The van der Waals surface area contributed by atoms with Crippen molar-refractivity contribution < 1.29 is 4.79 Å². The Morgan fingerprint density at radius 3 is 2.42 bits per heavy atom. The molecule has 0 aromatic rings. The molecule has 0 N–H and O–H groups in total. The number of Topliss-reactive ketones (excluding diaryl/α,β-unsaturated/α-hetero) is 1. The molecule has 0 bridgehead atoms. The molecule has 0 fully saturated rings. The van der Waals surface area contributed by atoms with E-state index in [0.29, 0.717) is 11.7 Å². The minimum absolute atomic E-state index is 0.394. The Hall–Kier alpha value is -0.590. The second-order valence-corrected chi connectivity index (χ2v) is 3.57. The first-order valence-electron chi connectivity index (χ1n) is 4.75. The summed E-state index contributed by atoms with van der Waals surface area (Å²) in [4.78, 5) is 11.1. The summed E-state index contributed by atoms with van der Waals surface area (Å²) in [6.45, 7) is 10.1. The molecule has 0 amide bonds. The third-order valence-electron chi connectivity index (χ3n) is 2.23. The topological polar surface area (TPSA) is 17.1 Å². The predicted molar refractivity (Wildman–Crippen MR) is 53.1 cm³/mol. The summed E-state index contributed by atoms with van der Waals surface area (Å²) in [6.07, 6.45) is 3.40. The average Bonchev–Trinajstić information content (AvgIpc) is 2.00. The minimum atomic E-state index is 0.394. The van der Waals surface area contributed by atoms with E-state index in [4.69, 9.17) is 0 Å². The van der Waals surface area contributed by atoms with Gasteiger partial charge >= 0.3 is 0 Å². The molecule has 0 aliphatic carbocycles. The predicted octanol–water partition coefficient (Wildman–Crippen LogP) is 3.35. The molecule has 1 unspecified atom stereocenters. The third-order valence-corrected chi connectivity index (χ3v) is 2.23. The van der Waals surface area contributed by atoms with Gasteiger partial charge in [-0.1, -0.05) is 26.0 Å². The smallest absolute Gasteiger partial charge is 0.132 e. The van der Waals surface area contributed by atoms with Crippen LogP contribution >= 0.6 is 0 Å². The lowest BCUT2D eigenvalue weighted by Crippen LogP contribution is -2.02. The molecule has 70 valence electrons. The lowest BCUT2D eigenvalue weighted by Gasteiger charge is -2.09. The summed E-state index contributed by atoms with van der Waals surface area (Å²) in [5, 5.41) is 0. The molecule has 1 heteroatoms. The summed E-state index contributed by atoms with van der Waals surface area (Å²) < 4.78 is 0. The minimum Gasteiger partial charge on any atom is -0.300 e. The van der Waals surface area contributed by atoms with E-state index < -0.39 is 0 Å². The van der Waals surface area contributed by atoms with Crippen molar-refractivity contribution >= 4 is 5.78 Å². The van der Waals surface area contributed by atoms with Crippen LogP contribution in [0.4, 0.5) is 0 Å². The molecule has 0 rings (SSSR count). The van der Waals surface area contributed by atoms with Crippen molar-refractivity contribution in [2.75, 3.05) is 0 Å². The van der Waals surface area contributed by atoms with Crippen LogP contribution < -0.4 is 0 Å². The van der Waals surface area contributed by atoms with Gasteiger partial charge in [0.1, 0.15) is 5.78 Å². The highest BCUT2D eigenvalue weighted by Crippen LogP contribution is 2.14. The van der Waals surface area contributed by atoms with E-state index in [9.17, 15) is 4.79 Å². The molecular weight excluding hydrogens is 148 g/mol. The van der Waals surface area contributed by atoms with Crippen molar-refractivity contribution in [1.82, 2.24) is 0 Å². The van der Waals surface area contributed by atoms with Crippen LogP contribution in [0.5, 0.6) is 0 Å². The molecule has 0 aromatic heterocycles. The summed E-state index contributed by atoms with van der Waals surface area (Å²) >= 11 is 0. The number of allylic oxidation sites excluding steroid dienone is 1. The molecule has 1 nitrogen and oxygen atoms in total. The van der Waals surface area contributed by atoms with Crippen LogP contribution in [0.1, 0.15) is 46.5 Å². The first-order valence-corrected chi connectivity index (χ1v) is 4.75. The normalized spacial score (nSPS) is 12.6. The van der Waals surface area contributed by atoms with Crippen LogP contribution in [-0.2, 0) is 4.79 Å². The first-order chi connectivity index (χ1) is 5.57. The molecule has 0 radical (unpaired) electrons. The van der Waals surface area contributed by atoms with E-state index >= 15 is 0 Å². The van der Waals surface area contributed by atoms with Crippen molar-refractivity contribution in [3.8, 4) is 0 Å². The Bertz CT molecular complexity index is 158. The maximum atomic E-state index is 11.1. The van der Waals surface area contributed by atoms with Gasteiger partial charge in [-0.05, 0) is 25.7 Å². The van der Waals surface area contributed by atoms with E-state index in [1.807, 2.05) is 13.8 Å². The van der Waals surface area contributed by atoms with Gasteiger partial charge in [0.05, 0.1) is 0 Å². The summed E-state index contributed by atoms with van der Waals surface area (Å²) in [5.41, 5.74) is 1.18. The maximum Gasteiger partial charge on any atom is 0.132 e. The van der Waals surface area contributed by atoms with Crippen LogP contribution in [0.2, 0.25) is 0 Å². The molecule has 0 spiro atoms. The molecular formula is C11H20O. The molecule has 0 aliphatic rings. The largest absolute Gasteiger partial charge is 0.300 e. The standard InChI is InChI=1S/C11H20O/c1-5-6-11(12)8-7-10(4)9(2)3/h10H,2,5-8H2,1,3-4H3. The highest BCUT2D eigenvalue weighted by Gasteiger charge is 2.05. The maximum absolute atomic E-state index is 11.1. The quantitative estimate of drug-likeness (QED) is 0.556. The van der Waals surface area contributed by atoms with Crippen molar-refractivity contribution in [2.45, 2.75) is 46.5 Å². The third kappa shape index (κ3) is 5.11. The van der Waals surface area contributed by atoms with Gasteiger partial charge in [0.2, 0.25) is 0 Å². The van der Waals surface area contributed by atoms with Gasteiger partial charge in [0.25, 0.3) is 0 Å². The van der Waals surface area contributed by atoms with Crippen molar-refractivity contribution in [3.05, 3.63) is 12.2 Å². The first kappa shape index (κ1) is 11.4. The fraction of sp³-hybridized carbons (Fsp3) is 0.727. The Labute approximate surface area is 75.9 Å². The van der Waals surface area contributed by atoms with Gasteiger partial charge in [-0.25, -0.2) is 0 Å². The van der Waals surface area contributed by atoms with Crippen LogP contribution in [0, 0.1) is 5.92 Å². The summed E-state index contributed by atoms with van der Waals surface area (Å²) in [5.74, 6) is 0.886. The van der Waals surface area contributed by atoms with Gasteiger partial charge in [-0.15, -0.1) is 0 Å². The van der Waals surface area contributed by atoms with Gasteiger partial charge in [-0.2, -0.15) is 0 Å². The average molecular weight is 168 g/mol. The van der Waals surface area contributed by atoms with Gasteiger partial charge < -0.3 is 0 Å². The lowest BCUT2D eigenvalue weighted by atomic mass is 9.96. The van der Waals surface area contributed by atoms with Crippen molar-refractivity contribution in [3.63, 3.8) is 0 Å². The fourth-order valence-corrected chi connectivity index (χ4v) is 1.03. The highest BCUT2D eigenvalue weighted by molar-refractivity contribution is 5.78. The fourth-order valence-electron chi connectivity index (χ4n) is 1.03. The zero-order chi connectivity index (χ0) is 9.56. The van der Waals surface area contributed by atoms with Crippen LogP contribution in [0.25, 0.3) is 0 Å². The van der Waals surface area contributed by atoms with Crippen molar-refractivity contribution in [2.24, 2.45) is 5.92 Å². The Morgan fingerprint density at radius 1 is 1.42 bits per heavy atom. The number of hydrogen-bond acceptors (Lipinski definition) is 1. The number of hydrogen-bond donors (Lipinski definition) is 0. The molecule has 0 heterocycles. The Kier molecular flexibility index (Phi) is 5.69. The number of carbonyl (C=O) groups excluding carboxylic acids is 1. The van der Waals surface area contributed by atoms with E-state index in [-0.39, 0.29) is 0 Å². The second-order valence-electron chi connectivity index (χ2n) is 3.57. The number of carbonyl (C=O) groups is 1. The van der Waals surface area contributed by atoms with Crippen molar-refractivity contribution in [1.29, 1.82) is 0 Å². The van der Waals surface area contributed by atoms with Gasteiger partial charge in [0, 0.05) is 12.8 Å². The summed E-state index contributed by atoms with van der Waals surface area (Å²) in [7, 11) is 0. The number of rotatable bonds is 6. The van der Waals surface area contributed by atoms with Crippen LogP contribution in [-0.4, -0.2) is 5.78 Å². The number of ketones is 1. The molecule has 12 heavy (non-hydrogen) atoms. The molecule has 0 aromatic carbocycles. The van der Waals surface area contributed by atoms with Crippen LogP contribution in [0.15, 0.2) is 12.2 Å². The lowest BCUT2D eigenvalue weighted by molar-refractivity contribution is -0.119. The SMILES string of the molecule is C=C(C)C(C)CCC(=O)CCC. The van der Waals surface area contributed by atoms with Gasteiger partial charge in [-0.3, -0.25) is 4.79 Å². The summed E-state index contributed by atoms with van der Waals surface area (Å²) in [6, 6.07) is 0. The van der Waals surface area contributed by atoms with E-state index in [1.165, 1.54) is 5.57 Å². The Balaban J connectivity index is 3.54. The molecule has 0 aliphatic heterocycles. The van der Waals surface area contributed by atoms with E-state index in [2.05, 4.69) is 13.5 Å². The Morgan fingerprint density at radius 2 is 2.00 bits per heavy atom. The zero-order valence-corrected chi connectivity index (χ0v) is 8.52. The molecule has 0 saturated heterocycles. The molecule has 0 saturated carbocycles. The second kappa shape index (κ2) is 5.99. The zero-order valence-electron chi connectivity index (χ0n) is 8.52. The van der Waals surface area contributed by atoms with Gasteiger partial charge in [0.15, 0.2) is 0 Å². The molecule has 1 atom stereocenters. The highest BCUT2D eigenvalue weighted by atomic mass is 16.1.